The number of aromatic amines is 1. The minimum atomic E-state index is -1.39. The molecule has 3 atom stereocenters. The predicted molar refractivity (Wildman–Crippen MR) is 95.7 cm³/mol. The fraction of sp³-hybridized carbons (Fsp3) is 0.500. The number of H-pyrrole nitrogens is 1. The smallest absolute Gasteiger partial charge is 0.326 e. The molecule has 0 aliphatic rings. The van der Waals surface area contributed by atoms with Crippen LogP contribution in [0.15, 0.2) is 12.5 Å². The number of aliphatic hydroxyl groups is 1. The molecule has 0 aliphatic carbocycles. The Hall–Kier alpha value is -2.64. The van der Waals surface area contributed by atoms with Gasteiger partial charge in [-0.1, -0.05) is 0 Å². The average Bonchev–Trinajstić information content (AvgIpc) is 3.15. The second kappa shape index (κ2) is 11.2. The largest absolute Gasteiger partial charge is 0.480 e. The van der Waals surface area contributed by atoms with Crippen molar-refractivity contribution in [2.24, 2.45) is 5.73 Å². The Labute approximate surface area is 159 Å². The van der Waals surface area contributed by atoms with Gasteiger partial charge in [-0.3, -0.25) is 14.4 Å². The first-order valence-corrected chi connectivity index (χ1v) is 8.46. The number of hydrogen-bond donors (Lipinski definition) is 8. The SMILES string of the molecule is NC(CS)C(=O)NCC(=O)NC(CO)C(=O)NC(Cc1cnc[nH]1)C(=O)O. The molecule has 13 heteroatoms. The van der Waals surface area contributed by atoms with Crippen molar-refractivity contribution >= 4 is 36.3 Å². The Morgan fingerprint density at radius 2 is 1.93 bits per heavy atom. The van der Waals surface area contributed by atoms with Crippen LogP contribution in [0.5, 0.6) is 0 Å². The molecule has 0 saturated carbocycles. The van der Waals surface area contributed by atoms with E-state index in [1.807, 2.05) is 0 Å². The highest BCUT2D eigenvalue weighted by atomic mass is 32.1. The summed E-state index contributed by atoms with van der Waals surface area (Å²) in [5.74, 6) is -3.47. The molecule has 1 heterocycles. The number of rotatable bonds is 11. The van der Waals surface area contributed by atoms with Gasteiger partial charge in [0.15, 0.2) is 0 Å². The van der Waals surface area contributed by atoms with Crippen molar-refractivity contribution in [1.29, 1.82) is 0 Å². The lowest BCUT2D eigenvalue weighted by molar-refractivity contribution is -0.142. The molecule has 0 aromatic carbocycles. The van der Waals surface area contributed by atoms with Gasteiger partial charge in [-0.25, -0.2) is 9.78 Å². The van der Waals surface area contributed by atoms with Gasteiger partial charge < -0.3 is 36.9 Å². The summed E-state index contributed by atoms with van der Waals surface area (Å²) in [6.07, 6.45) is 2.71. The number of nitrogens with two attached hydrogens (primary N) is 1. The van der Waals surface area contributed by atoms with Crippen molar-refractivity contribution in [3.05, 3.63) is 18.2 Å². The maximum Gasteiger partial charge on any atom is 0.326 e. The molecule has 12 nitrogen and oxygen atoms in total. The van der Waals surface area contributed by atoms with E-state index >= 15 is 0 Å². The molecule has 0 aliphatic heterocycles. The Bertz CT molecular complexity index is 655. The van der Waals surface area contributed by atoms with E-state index in [0.717, 1.165) is 0 Å². The van der Waals surface area contributed by atoms with Crippen molar-refractivity contribution in [3.63, 3.8) is 0 Å². The van der Waals surface area contributed by atoms with E-state index in [-0.39, 0.29) is 12.2 Å². The summed E-state index contributed by atoms with van der Waals surface area (Å²) in [6.45, 7) is -1.24. The number of aromatic nitrogens is 2. The standard InChI is InChI=1S/C14H22N6O6S/c15-8(5-27)12(23)17-3-11(22)19-10(4-21)13(24)20-9(14(25)26)1-7-2-16-6-18-7/h2,6,8-10,21,27H,1,3-5,15H2,(H,16,18)(H,17,23)(H,19,22)(H,20,24)(H,25,26). The molecular formula is C14H22N6O6S. The van der Waals surface area contributed by atoms with Crippen LogP contribution in [0.4, 0.5) is 0 Å². The van der Waals surface area contributed by atoms with Crippen molar-refractivity contribution in [3.8, 4) is 0 Å². The molecule has 150 valence electrons. The number of imidazole rings is 1. The van der Waals surface area contributed by atoms with Crippen LogP contribution in [-0.4, -0.2) is 80.9 Å². The lowest BCUT2D eigenvalue weighted by Gasteiger charge is -2.20. The first kappa shape index (κ1) is 22.4. The summed E-state index contributed by atoms with van der Waals surface area (Å²) in [5.41, 5.74) is 5.91. The lowest BCUT2D eigenvalue weighted by Crippen LogP contribution is -2.55. The van der Waals surface area contributed by atoms with Gasteiger partial charge in [-0.2, -0.15) is 12.6 Å². The van der Waals surface area contributed by atoms with E-state index in [4.69, 9.17) is 5.73 Å². The van der Waals surface area contributed by atoms with Crippen molar-refractivity contribution in [1.82, 2.24) is 25.9 Å². The quantitative estimate of drug-likeness (QED) is 0.173. The van der Waals surface area contributed by atoms with Gasteiger partial charge >= 0.3 is 5.97 Å². The third kappa shape index (κ3) is 7.64. The zero-order valence-corrected chi connectivity index (χ0v) is 15.1. The highest BCUT2D eigenvalue weighted by Gasteiger charge is 2.26. The van der Waals surface area contributed by atoms with Crippen molar-refractivity contribution < 1.29 is 29.4 Å². The van der Waals surface area contributed by atoms with Crippen LogP contribution in [0, 0.1) is 0 Å². The van der Waals surface area contributed by atoms with E-state index in [0.29, 0.717) is 5.69 Å². The molecule has 1 aromatic heterocycles. The monoisotopic (exact) mass is 402 g/mol. The zero-order valence-electron chi connectivity index (χ0n) is 14.2. The van der Waals surface area contributed by atoms with Gasteiger partial charge in [-0.15, -0.1) is 0 Å². The number of nitrogens with zero attached hydrogens (tertiary/aromatic N) is 1. The maximum atomic E-state index is 12.2. The number of carbonyl (C=O) groups is 4. The molecule has 0 bridgehead atoms. The summed E-state index contributed by atoms with van der Waals surface area (Å²) in [5, 5.41) is 25.2. The fourth-order valence-electron chi connectivity index (χ4n) is 1.91. The third-order valence-electron chi connectivity index (χ3n) is 3.38. The molecule has 27 heavy (non-hydrogen) atoms. The number of carboxylic acid groups (broad SMARTS) is 1. The number of aliphatic hydroxyl groups excluding tert-OH is 1. The van der Waals surface area contributed by atoms with Gasteiger partial charge in [0.25, 0.3) is 0 Å². The third-order valence-corrected chi connectivity index (χ3v) is 3.78. The fourth-order valence-corrected chi connectivity index (χ4v) is 2.08. The number of amides is 3. The summed E-state index contributed by atoms with van der Waals surface area (Å²) in [4.78, 5) is 53.2. The van der Waals surface area contributed by atoms with E-state index in [1.165, 1.54) is 12.5 Å². The summed E-state index contributed by atoms with van der Waals surface area (Å²) in [6, 6.07) is -3.58. The second-order valence-corrected chi connectivity index (χ2v) is 5.86. The zero-order chi connectivity index (χ0) is 20.4. The number of carboxylic acids is 1. The van der Waals surface area contributed by atoms with E-state index in [2.05, 4.69) is 38.5 Å². The Kier molecular flexibility index (Phi) is 9.25. The van der Waals surface area contributed by atoms with Crippen LogP contribution in [0.2, 0.25) is 0 Å². The number of aliphatic carboxylic acids is 1. The van der Waals surface area contributed by atoms with Gasteiger partial charge in [-0.05, 0) is 0 Å². The molecule has 0 radical (unpaired) electrons. The second-order valence-electron chi connectivity index (χ2n) is 5.49. The van der Waals surface area contributed by atoms with Crippen LogP contribution in [-0.2, 0) is 25.6 Å². The summed E-state index contributed by atoms with van der Waals surface area (Å²) >= 11 is 3.85. The van der Waals surface area contributed by atoms with Crippen LogP contribution in [0.25, 0.3) is 0 Å². The van der Waals surface area contributed by atoms with Gasteiger partial charge in [0.1, 0.15) is 12.1 Å². The Balaban J connectivity index is 2.57. The molecular weight excluding hydrogens is 380 g/mol. The molecule has 0 fully saturated rings. The minimum Gasteiger partial charge on any atom is -0.480 e. The normalized spacial score (nSPS) is 13.9. The molecule has 8 N–H and O–H groups in total. The van der Waals surface area contributed by atoms with Crippen LogP contribution < -0.4 is 21.7 Å². The van der Waals surface area contributed by atoms with Crippen LogP contribution in [0.1, 0.15) is 5.69 Å². The molecule has 3 amide bonds. The summed E-state index contributed by atoms with van der Waals surface area (Å²) in [7, 11) is 0. The maximum absolute atomic E-state index is 12.2. The lowest BCUT2D eigenvalue weighted by atomic mass is 10.1. The molecule has 1 rings (SSSR count). The minimum absolute atomic E-state index is 0.0646. The van der Waals surface area contributed by atoms with Gasteiger partial charge in [0, 0.05) is 24.1 Å². The van der Waals surface area contributed by atoms with Gasteiger partial charge in [0.2, 0.25) is 17.7 Å². The number of nitrogens with one attached hydrogen (secondary N) is 4. The van der Waals surface area contributed by atoms with E-state index < -0.39 is 55.0 Å². The molecule has 3 unspecified atom stereocenters. The number of hydrogen-bond acceptors (Lipinski definition) is 8. The molecule has 0 spiro atoms. The topological polar surface area (TPSA) is 200 Å². The highest BCUT2D eigenvalue weighted by Crippen LogP contribution is 2.00. The van der Waals surface area contributed by atoms with E-state index in [9.17, 15) is 29.4 Å². The predicted octanol–water partition coefficient (Wildman–Crippen LogP) is -3.63. The first-order chi connectivity index (χ1) is 12.8. The van der Waals surface area contributed by atoms with Crippen molar-refractivity contribution in [2.45, 2.75) is 24.5 Å². The number of carbonyl (C=O) groups excluding carboxylic acids is 3. The summed E-state index contributed by atoms with van der Waals surface area (Å²) < 4.78 is 0. The van der Waals surface area contributed by atoms with Crippen LogP contribution >= 0.6 is 12.6 Å². The Morgan fingerprint density at radius 3 is 2.44 bits per heavy atom. The van der Waals surface area contributed by atoms with Crippen LogP contribution in [0.3, 0.4) is 0 Å². The first-order valence-electron chi connectivity index (χ1n) is 7.83. The Morgan fingerprint density at radius 1 is 1.22 bits per heavy atom. The highest BCUT2D eigenvalue weighted by molar-refractivity contribution is 7.80. The van der Waals surface area contributed by atoms with Gasteiger partial charge in [0.05, 0.1) is 25.5 Å². The molecule has 1 aromatic rings. The molecule has 0 saturated heterocycles. The van der Waals surface area contributed by atoms with E-state index in [1.54, 1.807) is 0 Å². The average molecular weight is 402 g/mol. The number of thiol groups is 1. The van der Waals surface area contributed by atoms with Crippen molar-refractivity contribution in [2.75, 3.05) is 18.9 Å².